The summed E-state index contributed by atoms with van der Waals surface area (Å²) in [4.78, 5) is 16.7. The van der Waals surface area contributed by atoms with E-state index >= 15 is 0 Å². The highest BCUT2D eigenvalue weighted by molar-refractivity contribution is 5.92. The van der Waals surface area contributed by atoms with Crippen molar-refractivity contribution in [2.45, 2.75) is 6.92 Å². The Bertz CT molecular complexity index is 803. The lowest BCUT2D eigenvalue weighted by atomic mass is 10.2. The summed E-state index contributed by atoms with van der Waals surface area (Å²) in [6.45, 7) is 9.42. The van der Waals surface area contributed by atoms with E-state index < -0.39 is 0 Å². The highest BCUT2D eigenvalue weighted by Gasteiger charge is 2.19. The second-order valence-electron chi connectivity index (χ2n) is 6.65. The van der Waals surface area contributed by atoms with E-state index in [9.17, 15) is 4.79 Å². The van der Waals surface area contributed by atoms with Crippen LogP contribution in [0.5, 0.6) is 5.75 Å². The van der Waals surface area contributed by atoms with Crippen molar-refractivity contribution in [3.63, 3.8) is 0 Å². The number of benzene rings is 2. The van der Waals surface area contributed by atoms with Crippen molar-refractivity contribution in [2.75, 3.05) is 37.7 Å². The summed E-state index contributed by atoms with van der Waals surface area (Å²) >= 11 is 0. The molecule has 1 aliphatic rings. The third kappa shape index (κ3) is 5.23. The molecule has 1 amide bonds. The summed E-state index contributed by atoms with van der Waals surface area (Å²) in [6, 6.07) is 16.2. The van der Waals surface area contributed by atoms with Crippen molar-refractivity contribution < 1.29 is 9.53 Å². The van der Waals surface area contributed by atoms with Gasteiger partial charge in [-0.3, -0.25) is 4.79 Å². The lowest BCUT2D eigenvalue weighted by molar-refractivity contribution is -0.126. The number of hydrogen-bond acceptors (Lipinski definition) is 3. The number of anilines is 1. The van der Waals surface area contributed by atoms with E-state index in [1.807, 2.05) is 35.2 Å². The number of ether oxygens (including phenoxy) is 1. The Labute approximate surface area is 161 Å². The van der Waals surface area contributed by atoms with Crippen LogP contribution in [0, 0.1) is 6.92 Å². The Morgan fingerprint density at radius 3 is 2.52 bits per heavy atom. The molecule has 2 aromatic rings. The van der Waals surface area contributed by atoms with Gasteiger partial charge in [0.1, 0.15) is 12.4 Å². The van der Waals surface area contributed by atoms with E-state index in [1.165, 1.54) is 11.3 Å². The first-order chi connectivity index (χ1) is 13.2. The first-order valence-electron chi connectivity index (χ1n) is 9.28. The molecule has 0 saturated carbocycles. The van der Waals surface area contributed by atoms with Gasteiger partial charge >= 0.3 is 0 Å². The molecule has 4 nitrogen and oxygen atoms in total. The zero-order chi connectivity index (χ0) is 19.1. The van der Waals surface area contributed by atoms with Crippen LogP contribution in [0.4, 0.5) is 5.69 Å². The monoisotopic (exact) mass is 362 g/mol. The van der Waals surface area contributed by atoms with Crippen molar-refractivity contribution in [1.82, 2.24) is 4.90 Å². The Kier molecular flexibility index (Phi) is 6.31. The van der Waals surface area contributed by atoms with Crippen LogP contribution >= 0.6 is 0 Å². The number of aryl methyl sites for hydroxylation is 1. The number of hydrogen-bond donors (Lipinski definition) is 0. The van der Waals surface area contributed by atoms with Crippen molar-refractivity contribution >= 4 is 17.7 Å². The van der Waals surface area contributed by atoms with Crippen LogP contribution in [0.1, 0.15) is 11.1 Å². The zero-order valence-electron chi connectivity index (χ0n) is 15.8. The molecule has 0 radical (unpaired) electrons. The van der Waals surface area contributed by atoms with Crippen LogP contribution in [0.25, 0.3) is 6.08 Å². The molecule has 140 valence electrons. The lowest BCUT2D eigenvalue weighted by Gasteiger charge is -2.35. The molecule has 0 N–H and O–H groups in total. The fourth-order valence-electron chi connectivity index (χ4n) is 3.11. The molecule has 0 spiro atoms. The standard InChI is InChI=1S/C23H26N2O2/c1-3-17-27-22-10-7-20(8-11-22)9-12-23(26)25-15-13-24(14-16-25)21-6-4-5-19(2)18-21/h3-12,18H,1,13-17H2,2H3/b12-9+. The van der Waals surface area contributed by atoms with Crippen LogP contribution in [-0.4, -0.2) is 43.6 Å². The van der Waals surface area contributed by atoms with Crippen molar-refractivity contribution in [2.24, 2.45) is 0 Å². The quantitative estimate of drug-likeness (QED) is 0.577. The lowest BCUT2D eigenvalue weighted by Crippen LogP contribution is -2.48. The van der Waals surface area contributed by atoms with Crippen LogP contribution < -0.4 is 9.64 Å². The number of carbonyl (C=O) groups excluding carboxylic acids is 1. The van der Waals surface area contributed by atoms with Crippen molar-refractivity contribution in [3.05, 3.63) is 78.4 Å². The topological polar surface area (TPSA) is 32.8 Å². The third-order valence-electron chi connectivity index (χ3n) is 4.62. The fraction of sp³-hybridized carbons (Fsp3) is 0.261. The number of piperazine rings is 1. The molecule has 1 heterocycles. The van der Waals surface area contributed by atoms with Gasteiger partial charge in [-0.2, -0.15) is 0 Å². The van der Waals surface area contributed by atoms with E-state index in [2.05, 4.69) is 42.7 Å². The molecule has 0 atom stereocenters. The number of nitrogens with zero attached hydrogens (tertiary/aromatic N) is 2. The maximum atomic E-state index is 12.5. The van der Waals surface area contributed by atoms with Crippen LogP contribution in [0.15, 0.2) is 67.3 Å². The molecule has 1 saturated heterocycles. The second-order valence-corrected chi connectivity index (χ2v) is 6.65. The number of carbonyl (C=O) groups is 1. The Hall–Kier alpha value is -3.01. The van der Waals surface area contributed by atoms with Gasteiger partial charge in [0.25, 0.3) is 0 Å². The predicted octanol–water partition coefficient (Wildman–Crippen LogP) is 3.92. The van der Waals surface area contributed by atoms with Gasteiger partial charge in [-0.1, -0.05) is 36.9 Å². The summed E-state index contributed by atoms with van der Waals surface area (Å²) in [5.41, 5.74) is 3.47. The molecule has 3 rings (SSSR count). The van der Waals surface area contributed by atoms with E-state index in [4.69, 9.17) is 4.74 Å². The van der Waals surface area contributed by atoms with Crippen LogP contribution in [0.2, 0.25) is 0 Å². The molecule has 2 aromatic carbocycles. The van der Waals surface area contributed by atoms with Gasteiger partial charge in [-0.25, -0.2) is 0 Å². The molecule has 4 heteroatoms. The fourth-order valence-corrected chi connectivity index (χ4v) is 3.11. The molecule has 0 bridgehead atoms. The first kappa shape index (κ1) is 18.8. The maximum absolute atomic E-state index is 12.5. The maximum Gasteiger partial charge on any atom is 0.246 e. The molecule has 27 heavy (non-hydrogen) atoms. The molecular formula is C23H26N2O2. The molecule has 1 aliphatic heterocycles. The van der Waals surface area contributed by atoms with Gasteiger partial charge in [0.2, 0.25) is 5.91 Å². The minimum Gasteiger partial charge on any atom is -0.490 e. The van der Waals surface area contributed by atoms with E-state index in [0.717, 1.165) is 37.5 Å². The van der Waals surface area contributed by atoms with E-state index in [0.29, 0.717) is 6.61 Å². The minimum absolute atomic E-state index is 0.0610. The predicted molar refractivity (Wildman–Crippen MR) is 111 cm³/mol. The van der Waals surface area contributed by atoms with Gasteiger partial charge < -0.3 is 14.5 Å². The Morgan fingerprint density at radius 1 is 1.11 bits per heavy atom. The molecule has 1 fully saturated rings. The van der Waals surface area contributed by atoms with Gasteiger partial charge in [0.15, 0.2) is 0 Å². The smallest absolute Gasteiger partial charge is 0.246 e. The Morgan fingerprint density at radius 2 is 1.85 bits per heavy atom. The third-order valence-corrected chi connectivity index (χ3v) is 4.62. The Balaban J connectivity index is 1.51. The van der Waals surface area contributed by atoms with Gasteiger partial charge in [-0.15, -0.1) is 0 Å². The minimum atomic E-state index is 0.0610. The summed E-state index contributed by atoms with van der Waals surface area (Å²) in [5, 5.41) is 0. The van der Waals surface area contributed by atoms with Crippen LogP contribution in [-0.2, 0) is 4.79 Å². The van der Waals surface area contributed by atoms with Crippen molar-refractivity contribution in [1.29, 1.82) is 0 Å². The van der Waals surface area contributed by atoms with Gasteiger partial charge in [-0.05, 0) is 48.4 Å². The number of rotatable bonds is 6. The summed E-state index contributed by atoms with van der Waals surface area (Å²) in [5.74, 6) is 0.858. The summed E-state index contributed by atoms with van der Waals surface area (Å²) < 4.78 is 5.46. The van der Waals surface area contributed by atoms with Gasteiger partial charge in [0, 0.05) is 37.9 Å². The zero-order valence-corrected chi connectivity index (χ0v) is 15.8. The van der Waals surface area contributed by atoms with Crippen molar-refractivity contribution in [3.8, 4) is 5.75 Å². The molecule has 0 aliphatic carbocycles. The molecule has 0 aromatic heterocycles. The average molecular weight is 362 g/mol. The van der Waals surface area contributed by atoms with E-state index in [-0.39, 0.29) is 5.91 Å². The first-order valence-corrected chi connectivity index (χ1v) is 9.28. The summed E-state index contributed by atoms with van der Waals surface area (Å²) in [7, 11) is 0. The SMILES string of the molecule is C=CCOc1ccc(/C=C/C(=O)N2CCN(c3cccc(C)c3)CC2)cc1. The number of amides is 1. The average Bonchev–Trinajstić information content (AvgIpc) is 2.71. The molecule has 0 unspecified atom stereocenters. The second kappa shape index (κ2) is 9.08. The highest BCUT2D eigenvalue weighted by atomic mass is 16.5. The molecular weight excluding hydrogens is 336 g/mol. The van der Waals surface area contributed by atoms with Gasteiger partial charge in [0.05, 0.1) is 0 Å². The van der Waals surface area contributed by atoms with E-state index in [1.54, 1.807) is 12.2 Å². The normalized spacial score (nSPS) is 14.4. The summed E-state index contributed by atoms with van der Waals surface area (Å²) in [6.07, 6.45) is 5.22. The highest BCUT2D eigenvalue weighted by Crippen LogP contribution is 2.18. The van der Waals surface area contributed by atoms with Crippen LogP contribution in [0.3, 0.4) is 0 Å². The largest absolute Gasteiger partial charge is 0.490 e.